The molecule has 0 N–H and O–H groups in total. The van der Waals surface area contributed by atoms with Gasteiger partial charge in [-0.25, -0.2) is 0 Å². The summed E-state index contributed by atoms with van der Waals surface area (Å²) in [6.07, 6.45) is 4.92. The molecule has 3 aromatic carbocycles. The van der Waals surface area contributed by atoms with E-state index < -0.39 is 0 Å². The van der Waals surface area contributed by atoms with Gasteiger partial charge in [0, 0.05) is 11.4 Å². The van der Waals surface area contributed by atoms with E-state index >= 15 is 0 Å². The summed E-state index contributed by atoms with van der Waals surface area (Å²) in [5, 5.41) is 0. The monoisotopic (exact) mass is 340 g/mol. The standard InChI is InChI=1S/C24H24N2/c1-19-14-15-22-23(18-19)26(21-12-6-3-7-13-21)24(16-8-9-17-24)25(22)20-10-4-2-5-11-20/h2-7,10-15,18H,8-9,16-17H2,1H3. The maximum atomic E-state index is 2.61. The molecule has 0 bridgehead atoms. The maximum Gasteiger partial charge on any atom is 0.122 e. The van der Waals surface area contributed by atoms with Gasteiger partial charge in [0.25, 0.3) is 0 Å². The number of benzene rings is 3. The van der Waals surface area contributed by atoms with E-state index in [1.165, 1.54) is 54.0 Å². The molecule has 3 aromatic rings. The first-order chi connectivity index (χ1) is 12.8. The summed E-state index contributed by atoms with van der Waals surface area (Å²) in [6.45, 7) is 2.19. The van der Waals surface area contributed by atoms with Gasteiger partial charge >= 0.3 is 0 Å². The number of hydrogen-bond acceptors (Lipinski definition) is 2. The molecule has 2 nitrogen and oxygen atoms in total. The van der Waals surface area contributed by atoms with E-state index in [4.69, 9.17) is 0 Å². The second-order valence-electron chi connectivity index (χ2n) is 7.52. The molecule has 0 unspecified atom stereocenters. The molecule has 26 heavy (non-hydrogen) atoms. The molecule has 1 saturated carbocycles. The molecule has 0 radical (unpaired) electrons. The van der Waals surface area contributed by atoms with Crippen LogP contribution < -0.4 is 9.80 Å². The van der Waals surface area contributed by atoms with E-state index in [0.717, 1.165) is 0 Å². The molecule has 1 fully saturated rings. The van der Waals surface area contributed by atoms with Gasteiger partial charge in [0.15, 0.2) is 0 Å². The summed E-state index contributed by atoms with van der Waals surface area (Å²) in [4.78, 5) is 5.21. The highest BCUT2D eigenvalue weighted by Gasteiger charge is 2.52. The first-order valence-corrected chi connectivity index (χ1v) is 9.61. The highest BCUT2D eigenvalue weighted by Crippen LogP contribution is 2.58. The van der Waals surface area contributed by atoms with E-state index in [9.17, 15) is 0 Å². The van der Waals surface area contributed by atoms with E-state index in [0.29, 0.717) is 0 Å². The summed E-state index contributed by atoms with van der Waals surface area (Å²) in [6, 6.07) is 28.7. The Labute approximate surface area is 155 Å². The van der Waals surface area contributed by atoms with Crippen LogP contribution in [0.5, 0.6) is 0 Å². The molecular formula is C24H24N2. The van der Waals surface area contributed by atoms with Crippen LogP contribution in [0.2, 0.25) is 0 Å². The van der Waals surface area contributed by atoms with Gasteiger partial charge in [0.1, 0.15) is 5.66 Å². The number of rotatable bonds is 2. The average molecular weight is 340 g/mol. The molecule has 1 aliphatic carbocycles. The predicted molar refractivity (Wildman–Crippen MR) is 110 cm³/mol. The van der Waals surface area contributed by atoms with Gasteiger partial charge in [0.2, 0.25) is 0 Å². The van der Waals surface area contributed by atoms with Crippen LogP contribution in [0.25, 0.3) is 0 Å². The SMILES string of the molecule is Cc1ccc2c(c1)N(c1ccccc1)C1(CCCC1)N2c1ccccc1. The highest BCUT2D eigenvalue weighted by molar-refractivity contribution is 5.90. The highest BCUT2D eigenvalue weighted by atomic mass is 15.5. The lowest BCUT2D eigenvalue weighted by molar-refractivity contribution is 0.458. The Kier molecular flexibility index (Phi) is 3.53. The molecule has 1 aliphatic heterocycles. The topological polar surface area (TPSA) is 6.48 Å². The number of aryl methyl sites for hydroxylation is 1. The first-order valence-electron chi connectivity index (χ1n) is 9.61. The lowest BCUT2D eigenvalue weighted by Gasteiger charge is -2.43. The van der Waals surface area contributed by atoms with Crippen molar-refractivity contribution in [1.29, 1.82) is 0 Å². The van der Waals surface area contributed by atoms with Gasteiger partial charge in [-0.2, -0.15) is 0 Å². The van der Waals surface area contributed by atoms with Crippen LogP contribution >= 0.6 is 0 Å². The molecule has 130 valence electrons. The normalized spacial score (nSPS) is 17.7. The second-order valence-corrected chi connectivity index (χ2v) is 7.52. The van der Waals surface area contributed by atoms with Gasteiger partial charge in [-0.3, -0.25) is 0 Å². The summed E-state index contributed by atoms with van der Waals surface area (Å²) in [5.41, 5.74) is 6.55. The summed E-state index contributed by atoms with van der Waals surface area (Å²) in [5.74, 6) is 0. The lowest BCUT2D eigenvalue weighted by atomic mass is 10.0. The minimum Gasteiger partial charge on any atom is -0.316 e. The largest absolute Gasteiger partial charge is 0.316 e. The fourth-order valence-corrected chi connectivity index (χ4v) is 4.85. The van der Waals surface area contributed by atoms with Crippen molar-refractivity contribution in [1.82, 2.24) is 0 Å². The molecule has 0 saturated heterocycles. The van der Waals surface area contributed by atoms with Gasteiger partial charge in [-0.15, -0.1) is 0 Å². The van der Waals surface area contributed by atoms with Crippen molar-refractivity contribution in [3.05, 3.63) is 84.4 Å². The second kappa shape index (κ2) is 5.91. The Balaban J connectivity index is 1.78. The zero-order valence-corrected chi connectivity index (χ0v) is 15.2. The van der Waals surface area contributed by atoms with Crippen molar-refractivity contribution < 1.29 is 0 Å². The van der Waals surface area contributed by atoms with Crippen molar-refractivity contribution >= 4 is 22.7 Å². The van der Waals surface area contributed by atoms with Gasteiger partial charge in [0.05, 0.1) is 11.4 Å². The quantitative estimate of drug-likeness (QED) is 0.521. The minimum absolute atomic E-state index is 0.00116. The van der Waals surface area contributed by atoms with Gasteiger partial charge in [-0.05, 0) is 74.6 Å². The Morgan fingerprint density at radius 1 is 0.654 bits per heavy atom. The summed E-state index contributed by atoms with van der Waals surface area (Å²) in [7, 11) is 0. The molecule has 2 aliphatic rings. The Morgan fingerprint density at radius 2 is 1.19 bits per heavy atom. The number of para-hydroxylation sites is 2. The van der Waals surface area contributed by atoms with Crippen molar-refractivity contribution in [3.8, 4) is 0 Å². The first kappa shape index (κ1) is 15.5. The zero-order valence-electron chi connectivity index (χ0n) is 15.2. The van der Waals surface area contributed by atoms with Crippen LogP contribution in [0, 0.1) is 6.92 Å². The lowest BCUT2D eigenvalue weighted by Crippen LogP contribution is -2.51. The van der Waals surface area contributed by atoms with Crippen LogP contribution in [0.15, 0.2) is 78.9 Å². The third-order valence-electron chi connectivity index (χ3n) is 5.88. The number of anilines is 4. The molecule has 2 heteroatoms. The Morgan fingerprint density at radius 3 is 1.77 bits per heavy atom. The Bertz CT molecular complexity index is 911. The van der Waals surface area contributed by atoms with Crippen LogP contribution in [0.3, 0.4) is 0 Å². The minimum atomic E-state index is -0.00116. The molecule has 5 rings (SSSR count). The van der Waals surface area contributed by atoms with E-state index in [1.807, 2.05) is 0 Å². The van der Waals surface area contributed by atoms with Crippen LogP contribution in [0.4, 0.5) is 22.7 Å². The van der Waals surface area contributed by atoms with E-state index in [1.54, 1.807) is 0 Å². The van der Waals surface area contributed by atoms with Crippen LogP contribution in [0.1, 0.15) is 31.2 Å². The predicted octanol–water partition coefficient (Wildman–Crippen LogP) is 6.56. The van der Waals surface area contributed by atoms with Crippen molar-refractivity contribution in [3.63, 3.8) is 0 Å². The smallest absolute Gasteiger partial charge is 0.122 e. The molecular weight excluding hydrogens is 316 g/mol. The third kappa shape index (κ3) is 2.18. The average Bonchev–Trinajstić information content (AvgIpc) is 3.26. The Hall–Kier alpha value is -2.74. The molecule has 1 heterocycles. The van der Waals surface area contributed by atoms with Crippen LogP contribution in [-0.2, 0) is 0 Å². The molecule has 1 spiro atoms. The van der Waals surface area contributed by atoms with E-state index in [2.05, 4.69) is 95.6 Å². The van der Waals surface area contributed by atoms with Crippen molar-refractivity contribution in [2.45, 2.75) is 38.3 Å². The fraction of sp³-hybridized carbons (Fsp3) is 0.250. The molecule has 0 amide bonds. The number of hydrogen-bond donors (Lipinski definition) is 0. The fourth-order valence-electron chi connectivity index (χ4n) is 4.85. The zero-order chi connectivity index (χ0) is 17.6. The summed E-state index contributed by atoms with van der Waals surface area (Å²) < 4.78 is 0. The van der Waals surface area contributed by atoms with Gasteiger partial charge in [-0.1, -0.05) is 42.5 Å². The molecule has 0 atom stereocenters. The number of fused-ring (bicyclic) bond motifs is 1. The molecule has 0 aromatic heterocycles. The third-order valence-corrected chi connectivity index (χ3v) is 5.88. The number of nitrogens with zero attached hydrogens (tertiary/aromatic N) is 2. The van der Waals surface area contributed by atoms with Crippen molar-refractivity contribution in [2.75, 3.05) is 9.80 Å². The maximum absolute atomic E-state index is 2.61. The van der Waals surface area contributed by atoms with E-state index in [-0.39, 0.29) is 5.66 Å². The van der Waals surface area contributed by atoms with Gasteiger partial charge < -0.3 is 9.80 Å². The van der Waals surface area contributed by atoms with Crippen LogP contribution in [-0.4, -0.2) is 5.66 Å². The van der Waals surface area contributed by atoms with Crippen molar-refractivity contribution in [2.24, 2.45) is 0 Å². The summed E-state index contributed by atoms with van der Waals surface area (Å²) >= 11 is 0.